The van der Waals surface area contributed by atoms with Crippen molar-refractivity contribution in [2.75, 3.05) is 6.54 Å². The Morgan fingerprint density at radius 1 is 1.50 bits per heavy atom. The normalized spacial score (nSPS) is 24.9. The molecule has 14 heavy (non-hydrogen) atoms. The van der Waals surface area contributed by atoms with Crippen LogP contribution in [0.15, 0.2) is 0 Å². The Balaban J connectivity index is 2.02. The summed E-state index contributed by atoms with van der Waals surface area (Å²) in [4.78, 5) is 21.9. The number of rotatable bonds is 2. The summed E-state index contributed by atoms with van der Waals surface area (Å²) in [6.45, 7) is -0.236. The van der Waals surface area contributed by atoms with Crippen LogP contribution in [-0.4, -0.2) is 34.1 Å². The minimum absolute atomic E-state index is 0.0886. The van der Waals surface area contributed by atoms with Gasteiger partial charge in [0, 0.05) is 12.0 Å². The average Bonchev–Trinajstić information content (AvgIpc) is 2.61. The van der Waals surface area contributed by atoms with Crippen molar-refractivity contribution in [3.8, 4) is 0 Å². The molecule has 0 atom stereocenters. The fourth-order valence-electron chi connectivity index (χ4n) is 2.38. The Morgan fingerprint density at radius 2 is 2.14 bits per heavy atom. The summed E-state index contributed by atoms with van der Waals surface area (Å²) in [5.74, 6) is -1.06. The second kappa shape index (κ2) is 3.24. The van der Waals surface area contributed by atoms with Gasteiger partial charge in [0.1, 0.15) is 6.54 Å². The fourth-order valence-corrected chi connectivity index (χ4v) is 2.38. The third kappa shape index (κ3) is 1.59. The Hall–Kier alpha value is -1.10. The monoisotopic (exact) mass is 198 g/mol. The highest BCUT2D eigenvalue weighted by Gasteiger charge is 2.44. The summed E-state index contributed by atoms with van der Waals surface area (Å²) in [5, 5.41) is 9.83. The Morgan fingerprint density at radius 3 is 2.71 bits per heavy atom. The van der Waals surface area contributed by atoms with Crippen molar-refractivity contribution in [2.45, 2.75) is 37.6 Å². The number of aliphatic carboxylic acids is 1. The van der Waals surface area contributed by atoms with Gasteiger partial charge in [-0.2, -0.15) is 0 Å². The summed E-state index contributed by atoms with van der Waals surface area (Å²) >= 11 is 0. The molecule has 1 heterocycles. The number of carbonyl (C=O) groups is 2. The second-order valence-electron chi connectivity index (χ2n) is 4.15. The molecular formula is C9H14N2O3. The number of hydrogen-bond acceptors (Lipinski definition) is 3. The lowest BCUT2D eigenvalue weighted by Gasteiger charge is -2.23. The third-order valence-electron chi connectivity index (χ3n) is 3.02. The highest BCUT2D eigenvalue weighted by Crippen LogP contribution is 2.36. The van der Waals surface area contributed by atoms with Crippen molar-refractivity contribution in [3.05, 3.63) is 0 Å². The van der Waals surface area contributed by atoms with E-state index >= 15 is 0 Å². The summed E-state index contributed by atoms with van der Waals surface area (Å²) in [6, 6.07) is 0. The molecule has 0 aromatic rings. The lowest BCUT2D eigenvalue weighted by atomic mass is 9.96. The van der Waals surface area contributed by atoms with Crippen LogP contribution in [0.5, 0.6) is 0 Å². The van der Waals surface area contributed by atoms with Crippen molar-refractivity contribution in [2.24, 2.45) is 0 Å². The standard InChI is InChI=1S/C9H14N2O3/c12-7-5-9(3-1-2-4-9)10-11(7)6-8(13)14/h10H,1-6H2,(H,13,14). The quantitative estimate of drug-likeness (QED) is 0.661. The predicted octanol–water partition coefficient (Wildman–Crippen LogP) is 0.121. The van der Waals surface area contributed by atoms with E-state index in [-0.39, 0.29) is 18.0 Å². The number of carboxylic acids is 1. The van der Waals surface area contributed by atoms with E-state index in [4.69, 9.17) is 5.11 Å². The molecule has 2 aliphatic rings. The number of amides is 1. The van der Waals surface area contributed by atoms with Gasteiger partial charge in [-0.05, 0) is 12.8 Å². The van der Waals surface area contributed by atoms with Gasteiger partial charge in [0.15, 0.2) is 0 Å². The molecule has 5 nitrogen and oxygen atoms in total. The van der Waals surface area contributed by atoms with Crippen molar-refractivity contribution in [1.29, 1.82) is 0 Å². The van der Waals surface area contributed by atoms with Gasteiger partial charge in [0.05, 0.1) is 0 Å². The van der Waals surface area contributed by atoms with Crippen LogP contribution in [0.25, 0.3) is 0 Å². The molecule has 0 unspecified atom stereocenters. The van der Waals surface area contributed by atoms with Gasteiger partial charge in [-0.3, -0.25) is 14.6 Å². The van der Waals surface area contributed by atoms with Crippen LogP contribution in [0.1, 0.15) is 32.1 Å². The van der Waals surface area contributed by atoms with Gasteiger partial charge >= 0.3 is 5.97 Å². The van der Waals surface area contributed by atoms with Gasteiger partial charge in [-0.25, -0.2) is 5.43 Å². The van der Waals surface area contributed by atoms with E-state index in [2.05, 4.69) is 5.43 Å². The summed E-state index contributed by atoms with van der Waals surface area (Å²) in [6.07, 6.45) is 4.67. The first-order valence-corrected chi connectivity index (χ1v) is 4.91. The molecule has 0 aromatic carbocycles. The molecule has 78 valence electrons. The van der Waals surface area contributed by atoms with Gasteiger partial charge in [-0.1, -0.05) is 12.8 Å². The Labute approximate surface area is 82.0 Å². The maximum absolute atomic E-state index is 11.5. The number of carbonyl (C=O) groups excluding carboxylic acids is 1. The van der Waals surface area contributed by atoms with Gasteiger partial charge in [0.2, 0.25) is 5.91 Å². The third-order valence-corrected chi connectivity index (χ3v) is 3.02. The lowest BCUT2D eigenvalue weighted by Crippen LogP contribution is -2.46. The Bertz CT molecular complexity index is 271. The van der Waals surface area contributed by atoms with Crippen LogP contribution in [0.4, 0.5) is 0 Å². The molecule has 2 rings (SSSR count). The first-order valence-electron chi connectivity index (χ1n) is 4.91. The molecule has 1 spiro atoms. The molecule has 1 saturated heterocycles. The van der Waals surface area contributed by atoms with Crippen LogP contribution in [-0.2, 0) is 9.59 Å². The first kappa shape index (κ1) is 9.45. The minimum Gasteiger partial charge on any atom is -0.480 e. The maximum Gasteiger partial charge on any atom is 0.324 e. The molecule has 5 heteroatoms. The van der Waals surface area contributed by atoms with Crippen LogP contribution in [0, 0.1) is 0 Å². The molecule has 1 aliphatic heterocycles. The smallest absolute Gasteiger partial charge is 0.324 e. The summed E-state index contributed by atoms with van der Waals surface area (Å²) in [5.41, 5.74) is 2.93. The molecule has 1 aliphatic carbocycles. The first-order chi connectivity index (χ1) is 6.61. The number of hydrogen-bond donors (Lipinski definition) is 2. The van der Waals surface area contributed by atoms with Gasteiger partial charge < -0.3 is 5.11 Å². The molecular weight excluding hydrogens is 184 g/mol. The zero-order chi connectivity index (χ0) is 10.2. The van der Waals surface area contributed by atoms with E-state index in [9.17, 15) is 9.59 Å². The fraction of sp³-hybridized carbons (Fsp3) is 0.778. The summed E-state index contributed by atoms with van der Waals surface area (Å²) < 4.78 is 0. The van der Waals surface area contributed by atoms with Crippen LogP contribution in [0.3, 0.4) is 0 Å². The topological polar surface area (TPSA) is 69.6 Å². The van der Waals surface area contributed by atoms with Crippen LogP contribution < -0.4 is 5.43 Å². The largest absolute Gasteiger partial charge is 0.480 e. The maximum atomic E-state index is 11.5. The molecule has 2 fully saturated rings. The van der Waals surface area contributed by atoms with Gasteiger partial charge in [0.25, 0.3) is 0 Å². The minimum atomic E-state index is -0.971. The lowest BCUT2D eigenvalue weighted by molar-refractivity contribution is -0.144. The molecule has 1 saturated carbocycles. The number of hydrazine groups is 1. The highest BCUT2D eigenvalue weighted by atomic mass is 16.4. The van der Waals surface area contributed by atoms with Gasteiger partial charge in [-0.15, -0.1) is 0 Å². The number of nitrogens with one attached hydrogen (secondary N) is 1. The van der Waals surface area contributed by atoms with Crippen molar-refractivity contribution >= 4 is 11.9 Å². The molecule has 0 bridgehead atoms. The van der Waals surface area contributed by atoms with Crippen molar-refractivity contribution in [3.63, 3.8) is 0 Å². The summed E-state index contributed by atoms with van der Waals surface area (Å²) in [7, 11) is 0. The zero-order valence-electron chi connectivity index (χ0n) is 7.95. The SMILES string of the molecule is O=C(O)CN1NC2(CCCC2)CC1=O. The van der Waals surface area contributed by atoms with E-state index in [0.717, 1.165) is 25.7 Å². The number of nitrogens with zero attached hydrogens (tertiary/aromatic N) is 1. The van der Waals surface area contributed by atoms with Crippen molar-refractivity contribution < 1.29 is 14.7 Å². The average molecular weight is 198 g/mol. The molecule has 2 N–H and O–H groups in total. The Kier molecular flexibility index (Phi) is 2.19. The second-order valence-corrected chi connectivity index (χ2v) is 4.15. The molecule has 0 aromatic heterocycles. The van der Waals surface area contributed by atoms with E-state index in [1.165, 1.54) is 5.01 Å². The predicted molar refractivity (Wildman–Crippen MR) is 48.3 cm³/mol. The zero-order valence-corrected chi connectivity index (χ0v) is 7.95. The van der Waals surface area contributed by atoms with E-state index in [1.807, 2.05) is 0 Å². The molecule has 1 amide bonds. The van der Waals surface area contributed by atoms with Crippen molar-refractivity contribution in [1.82, 2.24) is 10.4 Å². The highest BCUT2D eigenvalue weighted by molar-refractivity contribution is 5.83. The molecule has 0 radical (unpaired) electrons. The van der Waals surface area contributed by atoms with Crippen LogP contribution in [0.2, 0.25) is 0 Å². The van der Waals surface area contributed by atoms with E-state index in [1.54, 1.807) is 0 Å². The van der Waals surface area contributed by atoms with E-state index < -0.39 is 5.97 Å². The van der Waals surface area contributed by atoms with E-state index in [0.29, 0.717) is 6.42 Å². The number of carboxylic acid groups (broad SMARTS) is 1. The van der Waals surface area contributed by atoms with Crippen LogP contribution >= 0.6 is 0 Å².